The number of fused-ring (bicyclic) bond motifs is 3. The van der Waals surface area contributed by atoms with E-state index in [1.54, 1.807) is 116 Å². The first-order valence-corrected chi connectivity index (χ1v) is 24.2. The van der Waals surface area contributed by atoms with Crippen LogP contribution in [-0.4, -0.2) is 12.6 Å². The molecule has 50 heavy (non-hydrogen) atoms. The SMILES string of the molecule is C(=C(C1CCCCC1)C1CCCCC1)C1CNC2CCC(C3C4CCCCC4C(C4CCC(C5CCCCC5)CC4)C4CCCCC43)CC2C1. The number of hydrogen-bond acceptors (Lipinski definition) is 1. The van der Waals surface area contributed by atoms with Gasteiger partial charge in [0.15, 0.2) is 0 Å². The molecule has 0 aromatic heterocycles. The molecule has 0 bridgehead atoms. The number of piperidine rings is 1. The van der Waals surface area contributed by atoms with Gasteiger partial charge in [-0.15, -0.1) is 0 Å². The summed E-state index contributed by atoms with van der Waals surface area (Å²) < 4.78 is 0. The van der Waals surface area contributed by atoms with Gasteiger partial charge in [-0.05, 0) is 186 Å². The van der Waals surface area contributed by atoms with Crippen LogP contribution in [0.3, 0.4) is 0 Å². The second-order valence-electron chi connectivity index (χ2n) is 21.1. The van der Waals surface area contributed by atoms with E-state index in [9.17, 15) is 0 Å². The highest BCUT2D eigenvalue weighted by Gasteiger charge is 2.55. The Bertz CT molecular complexity index is 1040. The van der Waals surface area contributed by atoms with Crippen LogP contribution in [0.25, 0.3) is 0 Å². The average Bonchev–Trinajstić information content (AvgIpc) is 3.20. The van der Waals surface area contributed by atoms with Gasteiger partial charge >= 0.3 is 0 Å². The van der Waals surface area contributed by atoms with Crippen LogP contribution in [0.1, 0.15) is 199 Å². The molecule has 1 N–H and O–H groups in total. The lowest BCUT2D eigenvalue weighted by molar-refractivity contribution is -0.118. The number of nitrogens with one attached hydrogen (secondary N) is 1. The normalized spacial score (nSPS) is 45.5. The summed E-state index contributed by atoms with van der Waals surface area (Å²) in [5, 5.41) is 4.25. The van der Waals surface area contributed by atoms with Crippen LogP contribution in [0.2, 0.25) is 0 Å². The van der Waals surface area contributed by atoms with Crippen LogP contribution < -0.4 is 5.32 Å². The van der Waals surface area contributed by atoms with Crippen molar-refractivity contribution in [3.8, 4) is 0 Å². The van der Waals surface area contributed by atoms with Gasteiger partial charge in [0.2, 0.25) is 0 Å². The maximum atomic E-state index is 4.25. The molecule has 0 radical (unpaired) electrons. The molecular formula is C49H81N. The number of allylic oxidation sites excluding steroid dienone is 1. The lowest BCUT2D eigenvalue weighted by Gasteiger charge is -2.61. The van der Waals surface area contributed by atoms with Crippen LogP contribution in [0.15, 0.2) is 11.6 Å². The van der Waals surface area contributed by atoms with Crippen LogP contribution in [0.4, 0.5) is 0 Å². The monoisotopic (exact) mass is 684 g/mol. The quantitative estimate of drug-likeness (QED) is 0.275. The average molecular weight is 684 g/mol. The van der Waals surface area contributed by atoms with Crippen molar-refractivity contribution in [3.05, 3.63) is 11.6 Å². The van der Waals surface area contributed by atoms with Gasteiger partial charge in [0.1, 0.15) is 0 Å². The highest BCUT2D eigenvalue weighted by atomic mass is 14.9. The summed E-state index contributed by atoms with van der Waals surface area (Å²) in [7, 11) is 0. The fourth-order valence-electron chi connectivity index (χ4n) is 16.8. The molecule has 0 aromatic carbocycles. The van der Waals surface area contributed by atoms with E-state index in [0.29, 0.717) is 0 Å². The molecule has 0 amide bonds. The molecule has 0 spiro atoms. The molecular weight excluding hydrogens is 603 g/mol. The molecule has 1 heterocycles. The van der Waals surface area contributed by atoms with Crippen molar-refractivity contribution in [2.75, 3.05) is 6.54 Å². The summed E-state index contributed by atoms with van der Waals surface area (Å²) in [6, 6.07) is 0.837. The van der Waals surface area contributed by atoms with Crippen molar-refractivity contribution in [3.63, 3.8) is 0 Å². The van der Waals surface area contributed by atoms with Crippen molar-refractivity contribution in [1.82, 2.24) is 5.32 Å². The van der Waals surface area contributed by atoms with E-state index in [-0.39, 0.29) is 0 Å². The molecule has 1 aliphatic heterocycles. The summed E-state index contributed by atoms with van der Waals surface area (Å²) in [6.07, 6.45) is 51.2. The molecule has 1 saturated heterocycles. The predicted molar refractivity (Wildman–Crippen MR) is 212 cm³/mol. The Morgan fingerprint density at radius 1 is 0.360 bits per heavy atom. The third kappa shape index (κ3) is 7.51. The number of rotatable bonds is 6. The number of hydrogen-bond donors (Lipinski definition) is 1. The van der Waals surface area contributed by atoms with E-state index in [1.807, 2.05) is 5.57 Å². The Morgan fingerprint density at radius 3 is 1.36 bits per heavy atom. The smallest absolute Gasteiger partial charge is 0.00959 e. The molecule has 9 fully saturated rings. The fraction of sp³-hybridized carbons (Fsp3) is 0.959. The minimum atomic E-state index is 0.818. The highest BCUT2D eigenvalue weighted by Crippen LogP contribution is 2.63. The van der Waals surface area contributed by atoms with Crippen LogP contribution in [0, 0.1) is 82.9 Å². The Labute approximate surface area is 310 Å². The van der Waals surface area contributed by atoms with Gasteiger partial charge in [-0.2, -0.15) is 0 Å². The zero-order chi connectivity index (χ0) is 33.3. The molecule has 1 nitrogen and oxygen atoms in total. The van der Waals surface area contributed by atoms with Gasteiger partial charge in [-0.3, -0.25) is 0 Å². The highest BCUT2D eigenvalue weighted by molar-refractivity contribution is 5.16. The van der Waals surface area contributed by atoms with E-state index >= 15 is 0 Å². The lowest BCUT2D eigenvalue weighted by atomic mass is 9.44. The Balaban J connectivity index is 0.905. The van der Waals surface area contributed by atoms with Gasteiger partial charge in [0.25, 0.3) is 0 Å². The maximum Gasteiger partial charge on any atom is 0.00959 e. The van der Waals surface area contributed by atoms with Crippen molar-refractivity contribution < 1.29 is 0 Å². The minimum absolute atomic E-state index is 0.818. The summed E-state index contributed by atoms with van der Waals surface area (Å²) in [6.45, 7) is 1.29. The summed E-state index contributed by atoms with van der Waals surface area (Å²) in [5.41, 5.74) is 1.99. The van der Waals surface area contributed by atoms with Crippen molar-refractivity contribution >= 4 is 0 Å². The topological polar surface area (TPSA) is 12.0 Å². The van der Waals surface area contributed by atoms with Crippen LogP contribution in [-0.2, 0) is 0 Å². The molecule has 1 heteroatoms. The molecule has 8 aliphatic carbocycles. The first-order chi connectivity index (χ1) is 24.8. The largest absolute Gasteiger partial charge is 0.313 e. The van der Waals surface area contributed by atoms with Gasteiger partial charge in [-0.1, -0.05) is 108 Å². The molecule has 8 atom stereocenters. The third-order valence-electron chi connectivity index (χ3n) is 18.8. The van der Waals surface area contributed by atoms with E-state index < -0.39 is 0 Å². The first kappa shape index (κ1) is 35.4. The van der Waals surface area contributed by atoms with E-state index in [1.165, 1.54) is 90.0 Å². The fourth-order valence-corrected chi connectivity index (χ4v) is 16.8. The zero-order valence-electron chi connectivity index (χ0n) is 32.9. The Hall–Kier alpha value is -0.300. The van der Waals surface area contributed by atoms with Crippen molar-refractivity contribution in [1.29, 1.82) is 0 Å². The molecule has 8 unspecified atom stereocenters. The second-order valence-corrected chi connectivity index (χ2v) is 21.1. The minimum Gasteiger partial charge on any atom is -0.313 e. The van der Waals surface area contributed by atoms with Gasteiger partial charge in [0.05, 0.1) is 0 Å². The van der Waals surface area contributed by atoms with Gasteiger partial charge in [0, 0.05) is 12.6 Å². The Morgan fingerprint density at radius 2 is 0.800 bits per heavy atom. The van der Waals surface area contributed by atoms with Crippen molar-refractivity contribution in [2.24, 2.45) is 82.9 Å². The second kappa shape index (κ2) is 16.6. The first-order valence-electron chi connectivity index (χ1n) is 24.2. The van der Waals surface area contributed by atoms with E-state index in [0.717, 1.165) is 88.9 Å². The van der Waals surface area contributed by atoms with Gasteiger partial charge < -0.3 is 5.32 Å². The van der Waals surface area contributed by atoms with Crippen LogP contribution >= 0.6 is 0 Å². The summed E-state index contributed by atoms with van der Waals surface area (Å²) in [4.78, 5) is 0. The summed E-state index contributed by atoms with van der Waals surface area (Å²) >= 11 is 0. The predicted octanol–water partition coefficient (Wildman–Crippen LogP) is 13.7. The van der Waals surface area contributed by atoms with Gasteiger partial charge in [-0.25, -0.2) is 0 Å². The van der Waals surface area contributed by atoms with Crippen LogP contribution in [0.5, 0.6) is 0 Å². The standard InChI is InChI=1S/C49H81N/c1-4-14-35(15-5-1)36-24-26-39(27-25-36)48-42-20-10-12-22-44(42)49(45-23-13-11-21-43(45)48)40-28-29-47-41(32-40)30-34(33-50-47)31-46(37-16-6-2-7-17-37)38-18-8-3-9-19-38/h31,34-45,47-50H,1-30,32-33H2. The molecule has 8 saturated carbocycles. The molecule has 9 rings (SSSR count). The lowest BCUT2D eigenvalue weighted by Crippen LogP contribution is -2.55. The molecule has 9 aliphatic rings. The third-order valence-corrected chi connectivity index (χ3v) is 18.8. The maximum absolute atomic E-state index is 4.25. The molecule has 0 aromatic rings. The van der Waals surface area contributed by atoms with E-state index in [2.05, 4.69) is 11.4 Å². The summed E-state index contributed by atoms with van der Waals surface area (Å²) in [5.74, 6) is 14.6. The van der Waals surface area contributed by atoms with E-state index in [4.69, 9.17) is 0 Å². The molecule has 282 valence electrons. The zero-order valence-corrected chi connectivity index (χ0v) is 32.9. The Kier molecular flexibility index (Phi) is 11.8. The van der Waals surface area contributed by atoms with Crippen molar-refractivity contribution in [2.45, 2.75) is 205 Å².